The van der Waals surface area contributed by atoms with Crippen molar-refractivity contribution in [2.75, 3.05) is 26.8 Å². The van der Waals surface area contributed by atoms with Crippen molar-refractivity contribution >= 4 is 5.91 Å². The number of rotatable bonds is 2. The number of carbonyl (C=O) groups is 1. The van der Waals surface area contributed by atoms with Crippen LogP contribution >= 0.6 is 0 Å². The van der Waals surface area contributed by atoms with E-state index in [1.54, 1.807) is 7.11 Å². The molecular weight excluding hydrogens is 192 g/mol. The van der Waals surface area contributed by atoms with Gasteiger partial charge in [0.1, 0.15) is 6.61 Å². The fourth-order valence-electron chi connectivity index (χ4n) is 2.94. The van der Waals surface area contributed by atoms with Crippen LogP contribution < -0.4 is 5.73 Å². The Balaban J connectivity index is 1.94. The van der Waals surface area contributed by atoms with E-state index in [-0.39, 0.29) is 12.5 Å². The van der Waals surface area contributed by atoms with Crippen LogP contribution in [0.5, 0.6) is 0 Å². The minimum atomic E-state index is 0.110. The van der Waals surface area contributed by atoms with Gasteiger partial charge in [0.15, 0.2) is 0 Å². The molecule has 2 aliphatic rings. The van der Waals surface area contributed by atoms with E-state index in [0.29, 0.717) is 17.9 Å². The quantitative estimate of drug-likeness (QED) is 0.712. The molecule has 0 aromatic carbocycles. The average Bonchev–Trinajstić information content (AvgIpc) is 2.63. The lowest BCUT2D eigenvalue weighted by molar-refractivity contribution is -0.134. The lowest BCUT2D eigenvalue weighted by Crippen LogP contribution is -2.38. The molecule has 0 radical (unpaired) electrons. The Morgan fingerprint density at radius 3 is 2.93 bits per heavy atom. The van der Waals surface area contributed by atoms with Gasteiger partial charge in [0.2, 0.25) is 5.91 Å². The Morgan fingerprint density at radius 1 is 1.47 bits per heavy atom. The van der Waals surface area contributed by atoms with Crippen LogP contribution in [0.25, 0.3) is 0 Å². The molecule has 2 N–H and O–H groups in total. The minimum absolute atomic E-state index is 0.110. The normalized spacial score (nSPS) is 35.3. The monoisotopic (exact) mass is 212 g/mol. The summed E-state index contributed by atoms with van der Waals surface area (Å²) in [6.45, 7) is 1.93. The van der Waals surface area contributed by atoms with Gasteiger partial charge in [-0.2, -0.15) is 0 Å². The Morgan fingerprint density at radius 2 is 2.27 bits per heavy atom. The summed E-state index contributed by atoms with van der Waals surface area (Å²) in [6, 6.07) is 0.295. The number of carbonyl (C=O) groups excluding carboxylic acids is 1. The van der Waals surface area contributed by atoms with E-state index in [4.69, 9.17) is 10.5 Å². The molecule has 15 heavy (non-hydrogen) atoms. The van der Waals surface area contributed by atoms with Crippen LogP contribution in [0.2, 0.25) is 0 Å². The van der Waals surface area contributed by atoms with E-state index < -0.39 is 0 Å². The first-order valence-corrected chi connectivity index (χ1v) is 5.74. The molecule has 0 aromatic heterocycles. The largest absolute Gasteiger partial charge is 0.375 e. The van der Waals surface area contributed by atoms with Crippen molar-refractivity contribution in [2.24, 2.45) is 17.6 Å². The number of nitrogens with zero attached hydrogens (tertiary/aromatic N) is 1. The number of fused-ring (bicyclic) bond motifs is 1. The molecule has 1 saturated heterocycles. The van der Waals surface area contributed by atoms with Crippen LogP contribution in [0, 0.1) is 11.8 Å². The molecule has 3 atom stereocenters. The van der Waals surface area contributed by atoms with Crippen molar-refractivity contribution in [3.8, 4) is 0 Å². The van der Waals surface area contributed by atoms with Crippen LogP contribution in [0.3, 0.4) is 0 Å². The molecule has 2 rings (SSSR count). The Bertz CT molecular complexity index is 245. The number of hydrogen-bond acceptors (Lipinski definition) is 3. The molecular formula is C11H20N2O2. The molecule has 1 saturated carbocycles. The van der Waals surface area contributed by atoms with Gasteiger partial charge in [0, 0.05) is 26.2 Å². The Kier molecular flexibility index (Phi) is 3.26. The zero-order valence-corrected chi connectivity index (χ0v) is 9.32. The van der Waals surface area contributed by atoms with Crippen molar-refractivity contribution in [2.45, 2.75) is 25.3 Å². The number of amides is 1. The molecule has 1 aliphatic carbocycles. The van der Waals surface area contributed by atoms with Gasteiger partial charge in [-0.05, 0) is 24.7 Å². The number of likely N-dealkylation sites (tertiary alicyclic amines) is 1. The van der Waals surface area contributed by atoms with Gasteiger partial charge in [0.25, 0.3) is 0 Å². The molecule has 1 aliphatic heterocycles. The molecule has 1 amide bonds. The van der Waals surface area contributed by atoms with Crippen molar-refractivity contribution < 1.29 is 9.53 Å². The van der Waals surface area contributed by atoms with E-state index >= 15 is 0 Å². The fraction of sp³-hybridized carbons (Fsp3) is 0.909. The number of methoxy groups -OCH3 is 1. The molecule has 0 aromatic rings. The van der Waals surface area contributed by atoms with Crippen LogP contribution in [0.15, 0.2) is 0 Å². The molecule has 4 heteroatoms. The predicted molar refractivity (Wildman–Crippen MR) is 57.3 cm³/mol. The third-order valence-corrected chi connectivity index (χ3v) is 3.77. The van der Waals surface area contributed by atoms with Gasteiger partial charge in [-0.1, -0.05) is 6.42 Å². The summed E-state index contributed by atoms with van der Waals surface area (Å²) in [5.41, 5.74) is 6.09. The average molecular weight is 212 g/mol. The second-order valence-corrected chi connectivity index (χ2v) is 4.75. The van der Waals surface area contributed by atoms with E-state index in [2.05, 4.69) is 0 Å². The van der Waals surface area contributed by atoms with Crippen LogP contribution in [-0.2, 0) is 9.53 Å². The standard InChI is InChI=1S/C11H20N2O2/c1-15-7-11(14)13-5-8-3-2-4-10(12)9(8)6-13/h8-10H,2-7,12H2,1H3. The third-order valence-electron chi connectivity index (χ3n) is 3.77. The molecule has 4 nitrogen and oxygen atoms in total. The lowest BCUT2D eigenvalue weighted by atomic mass is 9.78. The summed E-state index contributed by atoms with van der Waals surface area (Å²) in [5, 5.41) is 0. The van der Waals surface area contributed by atoms with Crippen molar-refractivity contribution in [3.05, 3.63) is 0 Å². The van der Waals surface area contributed by atoms with Gasteiger partial charge >= 0.3 is 0 Å². The van der Waals surface area contributed by atoms with Crippen LogP contribution in [0.1, 0.15) is 19.3 Å². The summed E-state index contributed by atoms with van der Waals surface area (Å²) in [7, 11) is 1.56. The van der Waals surface area contributed by atoms with Gasteiger partial charge in [0.05, 0.1) is 0 Å². The number of ether oxygens (including phenoxy) is 1. The zero-order chi connectivity index (χ0) is 10.8. The first-order chi connectivity index (χ1) is 7.22. The van der Waals surface area contributed by atoms with Gasteiger partial charge in [-0.15, -0.1) is 0 Å². The maximum atomic E-state index is 11.7. The van der Waals surface area contributed by atoms with Crippen molar-refractivity contribution in [1.29, 1.82) is 0 Å². The zero-order valence-electron chi connectivity index (χ0n) is 9.32. The maximum Gasteiger partial charge on any atom is 0.248 e. The number of hydrogen-bond donors (Lipinski definition) is 1. The van der Waals surface area contributed by atoms with E-state index in [1.807, 2.05) is 4.90 Å². The molecule has 0 spiro atoms. The van der Waals surface area contributed by atoms with Crippen LogP contribution in [-0.4, -0.2) is 43.7 Å². The first-order valence-electron chi connectivity index (χ1n) is 5.74. The van der Waals surface area contributed by atoms with Gasteiger partial charge in [-0.25, -0.2) is 0 Å². The Labute approximate surface area is 90.8 Å². The van der Waals surface area contributed by atoms with Gasteiger partial charge < -0.3 is 15.4 Å². The summed E-state index contributed by atoms with van der Waals surface area (Å²) < 4.78 is 4.87. The highest BCUT2D eigenvalue weighted by Crippen LogP contribution is 2.35. The van der Waals surface area contributed by atoms with E-state index in [9.17, 15) is 4.79 Å². The second kappa shape index (κ2) is 4.49. The predicted octanol–water partition coefficient (Wildman–Crippen LogP) is 0.219. The first kappa shape index (κ1) is 10.9. The Hall–Kier alpha value is -0.610. The summed E-state index contributed by atoms with van der Waals surface area (Å²) in [6.07, 6.45) is 3.57. The highest BCUT2D eigenvalue weighted by atomic mass is 16.5. The molecule has 2 fully saturated rings. The van der Waals surface area contributed by atoms with Crippen molar-refractivity contribution in [3.63, 3.8) is 0 Å². The van der Waals surface area contributed by atoms with E-state index in [0.717, 1.165) is 19.5 Å². The highest BCUT2D eigenvalue weighted by Gasteiger charge is 2.40. The highest BCUT2D eigenvalue weighted by molar-refractivity contribution is 5.77. The SMILES string of the molecule is COCC(=O)N1CC2CCCC(N)C2C1. The molecule has 86 valence electrons. The molecule has 1 heterocycles. The minimum Gasteiger partial charge on any atom is -0.375 e. The van der Waals surface area contributed by atoms with Gasteiger partial charge in [-0.3, -0.25) is 4.79 Å². The third kappa shape index (κ3) is 2.16. The smallest absolute Gasteiger partial charge is 0.248 e. The topological polar surface area (TPSA) is 55.6 Å². The summed E-state index contributed by atoms with van der Waals surface area (Å²) in [4.78, 5) is 13.6. The molecule has 0 bridgehead atoms. The number of nitrogens with two attached hydrogens (primary N) is 1. The van der Waals surface area contributed by atoms with Crippen molar-refractivity contribution in [1.82, 2.24) is 4.90 Å². The lowest BCUT2D eigenvalue weighted by Gasteiger charge is -2.29. The van der Waals surface area contributed by atoms with E-state index in [1.165, 1.54) is 12.8 Å². The summed E-state index contributed by atoms with van der Waals surface area (Å²) >= 11 is 0. The summed E-state index contributed by atoms with van der Waals surface area (Å²) in [5.74, 6) is 1.27. The maximum absolute atomic E-state index is 11.7. The second-order valence-electron chi connectivity index (χ2n) is 4.75. The van der Waals surface area contributed by atoms with Crippen LogP contribution in [0.4, 0.5) is 0 Å². The molecule has 3 unspecified atom stereocenters. The fourth-order valence-corrected chi connectivity index (χ4v) is 2.94.